The predicted molar refractivity (Wildman–Crippen MR) is 32.9 cm³/mol. The Labute approximate surface area is 56.9 Å². The Hall–Kier alpha value is -1.12. The lowest BCUT2D eigenvalue weighted by atomic mass is 10.2. The van der Waals surface area contributed by atoms with E-state index >= 15 is 0 Å². The van der Waals surface area contributed by atoms with E-state index in [1.54, 1.807) is 0 Å². The molecule has 0 aliphatic carbocycles. The van der Waals surface area contributed by atoms with Gasteiger partial charge in [0.2, 0.25) is 0 Å². The molecule has 3 heteroatoms. The molecule has 0 radical (unpaired) electrons. The van der Waals surface area contributed by atoms with Gasteiger partial charge in [0.25, 0.3) is 0 Å². The first-order valence-electron chi connectivity index (χ1n) is 2.77. The summed E-state index contributed by atoms with van der Waals surface area (Å²) in [5.74, 6) is -0.741. The van der Waals surface area contributed by atoms with Gasteiger partial charge in [0.05, 0.1) is 0 Å². The minimum atomic E-state index is -0.889. The van der Waals surface area contributed by atoms with E-state index in [1.165, 1.54) is 6.07 Å². The molecule has 0 heterocycles. The highest BCUT2D eigenvalue weighted by Gasteiger charge is 2.00. The molecular formula is C7H6F2O. The molecule has 0 unspecified atom stereocenters. The highest BCUT2D eigenvalue weighted by molar-refractivity contribution is 5.27. The highest BCUT2D eigenvalue weighted by Crippen LogP contribution is 2.15. The van der Waals surface area contributed by atoms with E-state index in [2.05, 4.69) is 0 Å². The number of halogens is 2. The number of rotatable bonds is 1. The van der Waals surface area contributed by atoms with Crippen molar-refractivity contribution >= 4 is 0 Å². The van der Waals surface area contributed by atoms with Gasteiger partial charge in [-0.05, 0) is 18.2 Å². The van der Waals surface area contributed by atoms with Crippen LogP contribution in [0.1, 0.15) is 5.56 Å². The van der Waals surface area contributed by atoms with Crippen LogP contribution in [0.2, 0.25) is 0 Å². The van der Waals surface area contributed by atoms with Crippen molar-refractivity contribution in [1.82, 2.24) is 0 Å². The smallest absolute Gasteiger partial charge is 0.129 e. The van der Waals surface area contributed by atoms with Gasteiger partial charge in [-0.1, -0.05) is 0 Å². The van der Waals surface area contributed by atoms with Crippen molar-refractivity contribution in [2.45, 2.75) is 6.67 Å². The lowest BCUT2D eigenvalue weighted by Gasteiger charge is -1.96. The standard InChI is InChI=1S/C7H6F2O/c8-4-5-3-6(10)1-2-7(5)9/h1-3,10H,4H2. The molecule has 1 aromatic carbocycles. The Morgan fingerprint density at radius 1 is 1.40 bits per heavy atom. The maximum absolute atomic E-state index is 12.4. The van der Waals surface area contributed by atoms with Gasteiger partial charge >= 0.3 is 0 Å². The number of phenols is 1. The summed E-state index contributed by atoms with van der Waals surface area (Å²) < 4.78 is 24.2. The van der Waals surface area contributed by atoms with E-state index in [-0.39, 0.29) is 11.3 Å². The summed E-state index contributed by atoms with van der Waals surface area (Å²) >= 11 is 0. The summed E-state index contributed by atoms with van der Waals surface area (Å²) in [6, 6.07) is 3.27. The second-order valence-corrected chi connectivity index (χ2v) is 1.91. The molecule has 54 valence electrons. The molecule has 0 aliphatic rings. The number of hydrogen-bond acceptors (Lipinski definition) is 1. The normalized spacial score (nSPS) is 9.80. The van der Waals surface area contributed by atoms with Gasteiger partial charge in [-0.3, -0.25) is 0 Å². The molecule has 1 nitrogen and oxygen atoms in total. The van der Waals surface area contributed by atoms with E-state index in [4.69, 9.17) is 5.11 Å². The summed E-state index contributed by atoms with van der Waals surface area (Å²) in [4.78, 5) is 0. The summed E-state index contributed by atoms with van der Waals surface area (Å²) in [6.45, 7) is -0.889. The Bertz CT molecular complexity index is 235. The van der Waals surface area contributed by atoms with Crippen LogP contribution >= 0.6 is 0 Å². The molecule has 1 N–H and O–H groups in total. The average Bonchev–Trinajstić information content (AvgIpc) is 1.94. The fourth-order valence-corrected chi connectivity index (χ4v) is 0.664. The van der Waals surface area contributed by atoms with E-state index in [0.717, 1.165) is 12.1 Å². The molecule has 0 bridgehead atoms. The Balaban J connectivity index is 3.09. The summed E-state index contributed by atoms with van der Waals surface area (Å²) in [5.41, 5.74) is -0.111. The quantitative estimate of drug-likeness (QED) is 0.639. The van der Waals surface area contributed by atoms with E-state index in [9.17, 15) is 8.78 Å². The Morgan fingerprint density at radius 2 is 2.10 bits per heavy atom. The molecule has 0 amide bonds. The monoisotopic (exact) mass is 144 g/mol. The molecule has 0 saturated heterocycles. The first-order valence-corrected chi connectivity index (χ1v) is 2.77. The van der Waals surface area contributed by atoms with Gasteiger partial charge < -0.3 is 5.11 Å². The Morgan fingerprint density at radius 3 is 2.60 bits per heavy atom. The number of alkyl halides is 1. The van der Waals surface area contributed by atoms with Crippen LogP contribution in [0.3, 0.4) is 0 Å². The number of hydrogen-bond donors (Lipinski definition) is 1. The van der Waals surface area contributed by atoms with Gasteiger partial charge in [-0.25, -0.2) is 8.78 Å². The van der Waals surface area contributed by atoms with Crippen LogP contribution in [0, 0.1) is 5.82 Å². The molecule has 0 fully saturated rings. The van der Waals surface area contributed by atoms with Gasteiger partial charge in [-0.2, -0.15) is 0 Å². The molecule has 0 aliphatic heterocycles. The zero-order valence-corrected chi connectivity index (χ0v) is 5.14. The zero-order valence-electron chi connectivity index (χ0n) is 5.14. The zero-order chi connectivity index (χ0) is 7.56. The topological polar surface area (TPSA) is 20.2 Å². The fraction of sp³-hybridized carbons (Fsp3) is 0.143. The van der Waals surface area contributed by atoms with Crippen molar-refractivity contribution < 1.29 is 13.9 Å². The van der Waals surface area contributed by atoms with Crippen molar-refractivity contribution in [3.8, 4) is 5.75 Å². The van der Waals surface area contributed by atoms with Gasteiger partial charge in [0, 0.05) is 5.56 Å². The Kier molecular flexibility index (Phi) is 1.85. The summed E-state index contributed by atoms with van der Waals surface area (Å²) in [7, 11) is 0. The van der Waals surface area contributed by atoms with Crippen molar-refractivity contribution in [3.63, 3.8) is 0 Å². The van der Waals surface area contributed by atoms with Crippen LogP contribution in [0.5, 0.6) is 5.75 Å². The number of benzene rings is 1. The first-order chi connectivity index (χ1) is 4.74. The molecular weight excluding hydrogens is 138 g/mol. The average molecular weight is 144 g/mol. The highest BCUT2D eigenvalue weighted by atomic mass is 19.1. The number of phenolic OH excluding ortho intramolecular Hbond substituents is 1. The van der Waals surface area contributed by atoms with Crippen LogP contribution in [-0.2, 0) is 6.67 Å². The number of aromatic hydroxyl groups is 1. The summed E-state index contributed by atoms with van der Waals surface area (Å²) in [5, 5.41) is 8.74. The molecule has 1 aromatic rings. The molecule has 0 aromatic heterocycles. The van der Waals surface area contributed by atoms with Crippen LogP contribution in [0.25, 0.3) is 0 Å². The van der Waals surface area contributed by atoms with Crippen LogP contribution < -0.4 is 0 Å². The van der Waals surface area contributed by atoms with Crippen molar-refractivity contribution in [1.29, 1.82) is 0 Å². The van der Waals surface area contributed by atoms with Crippen molar-refractivity contribution in [2.75, 3.05) is 0 Å². The molecule has 10 heavy (non-hydrogen) atoms. The third-order valence-electron chi connectivity index (χ3n) is 1.17. The van der Waals surface area contributed by atoms with E-state index < -0.39 is 12.5 Å². The van der Waals surface area contributed by atoms with Crippen LogP contribution in [0.15, 0.2) is 18.2 Å². The minimum Gasteiger partial charge on any atom is -0.508 e. The maximum Gasteiger partial charge on any atom is 0.129 e. The second-order valence-electron chi connectivity index (χ2n) is 1.91. The fourth-order valence-electron chi connectivity index (χ4n) is 0.664. The van der Waals surface area contributed by atoms with Gasteiger partial charge in [0.1, 0.15) is 18.2 Å². The first kappa shape index (κ1) is 6.99. The van der Waals surface area contributed by atoms with E-state index in [0.29, 0.717) is 0 Å². The van der Waals surface area contributed by atoms with Crippen molar-refractivity contribution in [2.24, 2.45) is 0 Å². The second kappa shape index (κ2) is 2.64. The van der Waals surface area contributed by atoms with E-state index in [1.807, 2.05) is 0 Å². The summed E-state index contributed by atoms with van der Waals surface area (Å²) in [6.07, 6.45) is 0. The maximum atomic E-state index is 12.4. The third-order valence-corrected chi connectivity index (χ3v) is 1.17. The molecule has 1 rings (SSSR count). The lowest BCUT2D eigenvalue weighted by molar-refractivity contribution is 0.447. The van der Waals surface area contributed by atoms with Crippen LogP contribution in [-0.4, -0.2) is 5.11 Å². The minimum absolute atomic E-state index is 0.111. The predicted octanol–water partition coefficient (Wildman–Crippen LogP) is 2.00. The van der Waals surface area contributed by atoms with Gasteiger partial charge in [0.15, 0.2) is 0 Å². The molecule has 0 saturated carbocycles. The third kappa shape index (κ3) is 1.23. The molecule has 0 atom stereocenters. The van der Waals surface area contributed by atoms with Crippen LogP contribution in [0.4, 0.5) is 8.78 Å². The largest absolute Gasteiger partial charge is 0.508 e. The molecule has 0 spiro atoms. The lowest BCUT2D eigenvalue weighted by Crippen LogP contribution is -1.84. The SMILES string of the molecule is Oc1ccc(F)c(CF)c1. The van der Waals surface area contributed by atoms with Crippen molar-refractivity contribution in [3.05, 3.63) is 29.6 Å². The van der Waals surface area contributed by atoms with Gasteiger partial charge in [-0.15, -0.1) is 0 Å².